The highest BCUT2D eigenvalue weighted by molar-refractivity contribution is 6.51. The summed E-state index contributed by atoms with van der Waals surface area (Å²) in [6, 6.07) is 15.7. The molecule has 1 aromatic heterocycles. The number of nitrogens with zero attached hydrogens (tertiary/aromatic N) is 1. The first-order valence-electron chi connectivity index (χ1n) is 9.79. The second kappa shape index (κ2) is 7.34. The molecule has 152 valence electrons. The maximum Gasteiger partial charge on any atom is 0.300 e. The second-order valence-electron chi connectivity index (χ2n) is 7.77. The maximum atomic E-state index is 13.1. The molecule has 3 aromatic rings. The lowest BCUT2D eigenvalue weighted by Gasteiger charge is -2.24. The molecule has 1 fully saturated rings. The van der Waals surface area contributed by atoms with E-state index in [1.807, 2.05) is 57.2 Å². The molecule has 1 amide bonds. The van der Waals surface area contributed by atoms with Gasteiger partial charge in [-0.1, -0.05) is 29.8 Å². The van der Waals surface area contributed by atoms with Crippen LogP contribution in [0.1, 0.15) is 39.8 Å². The van der Waals surface area contributed by atoms with Gasteiger partial charge in [0.05, 0.1) is 5.57 Å². The van der Waals surface area contributed by atoms with Crippen LogP contribution >= 0.6 is 0 Å². The zero-order valence-corrected chi connectivity index (χ0v) is 17.4. The van der Waals surface area contributed by atoms with E-state index >= 15 is 0 Å². The molecule has 0 saturated carbocycles. The highest BCUT2D eigenvalue weighted by Crippen LogP contribution is 2.43. The Hall–Kier alpha value is -3.60. The van der Waals surface area contributed by atoms with Crippen molar-refractivity contribution < 1.29 is 19.1 Å². The molecule has 0 spiro atoms. The fraction of sp³-hybridized carbons (Fsp3) is 0.200. The van der Waals surface area contributed by atoms with Gasteiger partial charge in [-0.3, -0.25) is 14.5 Å². The van der Waals surface area contributed by atoms with Gasteiger partial charge in [0.1, 0.15) is 23.3 Å². The molecule has 1 aliphatic heterocycles. The fourth-order valence-electron chi connectivity index (χ4n) is 3.88. The molecule has 5 heteroatoms. The predicted octanol–water partition coefficient (Wildman–Crippen LogP) is 5.14. The van der Waals surface area contributed by atoms with Crippen molar-refractivity contribution in [3.63, 3.8) is 0 Å². The van der Waals surface area contributed by atoms with Crippen molar-refractivity contribution in [3.8, 4) is 0 Å². The van der Waals surface area contributed by atoms with Gasteiger partial charge in [0.25, 0.3) is 11.7 Å². The average Bonchev–Trinajstić information content (AvgIpc) is 3.24. The Bertz CT molecular complexity index is 1200. The van der Waals surface area contributed by atoms with E-state index < -0.39 is 17.7 Å². The van der Waals surface area contributed by atoms with E-state index in [1.165, 1.54) is 4.90 Å². The van der Waals surface area contributed by atoms with E-state index in [9.17, 15) is 14.7 Å². The van der Waals surface area contributed by atoms with Crippen LogP contribution in [0, 0.1) is 27.7 Å². The van der Waals surface area contributed by atoms with Crippen LogP contribution in [0.4, 0.5) is 5.69 Å². The van der Waals surface area contributed by atoms with Gasteiger partial charge in [0, 0.05) is 11.3 Å². The van der Waals surface area contributed by atoms with E-state index in [-0.39, 0.29) is 11.3 Å². The number of ketones is 1. The Balaban J connectivity index is 1.98. The Kier molecular flexibility index (Phi) is 4.82. The highest BCUT2D eigenvalue weighted by Gasteiger charge is 2.48. The number of rotatable bonds is 3. The Morgan fingerprint density at radius 2 is 1.67 bits per heavy atom. The normalized spacial score (nSPS) is 18.3. The monoisotopic (exact) mass is 401 g/mol. The van der Waals surface area contributed by atoms with Crippen LogP contribution < -0.4 is 4.90 Å². The largest absolute Gasteiger partial charge is 0.507 e. The number of carbonyl (C=O) groups excluding carboxylic acids is 2. The number of amides is 1. The van der Waals surface area contributed by atoms with Gasteiger partial charge >= 0.3 is 0 Å². The molecule has 0 radical (unpaired) electrons. The van der Waals surface area contributed by atoms with Crippen molar-refractivity contribution >= 4 is 23.1 Å². The molecule has 0 bridgehead atoms. The number of aryl methyl sites for hydroxylation is 4. The van der Waals surface area contributed by atoms with E-state index in [0.717, 1.165) is 16.7 Å². The molecular weight excluding hydrogens is 378 g/mol. The van der Waals surface area contributed by atoms with Gasteiger partial charge < -0.3 is 9.52 Å². The first-order valence-corrected chi connectivity index (χ1v) is 9.79. The lowest BCUT2D eigenvalue weighted by Crippen LogP contribution is -2.29. The molecule has 1 aliphatic rings. The molecule has 5 nitrogen and oxygen atoms in total. The second-order valence-corrected chi connectivity index (χ2v) is 7.77. The predicted molar refractivity (Wildman–Crippen MR) is 115 cm³/mol. The fourth-order valence-corrected chi connectivity index (χ4v) is 3.88. The number of Topliss-reactive ketones (excluding diaryl/α,β-unsaturated/α-hetero) is 1. The van der Waals surface area contributed by atoms with Gasteiger partial charge in [-0.2, -0.15) is 0 Å². The number of anilines is 1. The lowest BCUT2D eigenvalue weighted by atomic mass is 9.96. The van der Waals surface area contributed by atoms with Crippen molar-refractivity contribution in [1.29, 1.82) is 0 Å². The molecule has 1 atom stereocenters. The van der Waals surface area contributed by atoms with Crippen LogP contribution in [0.15, 0.2) is 64.6 Å². The van der Waals surface area contributed by atoms with E-state index in [2.05, 4.69) is 0 Å². The number of benzene rings is 2. The van der Waals surface area contributed by atoms with Crippen LogP contribution in [0.5, 0.6) is 0 Å². The van der Waals surface area contributed by atoms with Crippen LogP contribution in [0.2, 0.25) is 0 Å². The summed E-state index contributed by atoms with van der Waals surface area (Å²) in [4.78, 5) is 27.6. The minimum atomic E-state index is -0.847. The van der Waals surface area contributed by atoms with Crippen molar-refractivity contribution in [3.05, 3.63) is 93.9 Å². The maximum absolute atomic E-state index is 13.1. The van der Waals surface area contributed by atoms with Gasteiger partial charge in [0.15, 0.2) is 0 Å². The smallest absolute Gasteiger partial charge is 0.300 e. The molecule has 4 rings (SSSR count). The van der Waals surface area contributed by atoms with Crippen LogP contribution in [0.25, 0.3) is 5.76 Å². The van der Waals surface area contributed by atoms with E-state index in [1.54, 1.807) is 25.1 Å². The summed E-state index contributed by atoms with van der Waals surface area (Å²) in [6.07, 6.45) is 0. The Morgan fingerprint density at radius 1 is 0.933 bits per heavy atom. The Morgan fingerprint density at radius 3 is 2.33 bits per heavy atom. The van der Waals surface area contributed by atoms with Gasteiger partial charge in [-0.05, 0) is 69.2 Å². The standard InChI is InChI=1S/C25H23NO4/c1-14-6-5-7-18(12-14)26-22(20-11-10-17(4)30-20)21(24(28)25(26)29)23(27)19-13-15(2)8-9-16(19)3/h5-13,22,27H,1-4H3/b23-21+. The minimum Gasteiger partial charge on any atom is -0.507 e. The molecule has 1 saturated heterocycles. The SMILES string of the molecule is Cc1cccc(N2C(=O)C(=O)/C(=C(/O)c3cc(C)ccc3C)C2c2ccc(C)o2)c1. The van der Waals surface area contributed by atoms with Crippen molar-refractivity contribution in [2.24, 2.45) is 0 Å². The summed E-state index contributed by atoms with van der Waals surface area (Å²) in [6.45, 7) is 7.49. The topological polar surface area (TPSA) is 70.8 Å². The van der Waals surface area contributed by atoms with Crippen LogP contribution in [0.3, 0.4) is 0 Å². The quantitative estimate of drug-likeness (QED) is 0.375. The van der Waals surface area contributed by atoms with Crippen LogP contribution in [-0.2, 0) is 9.59 Å². The third kappa shape index (κ3) is 3.22. The van der Waals surface area contributed by atoms with Gasteiger partial charge in [0.2, 0.25) is 0 Å². The molecule has 0 aliphatic carbocycles. The van der Waals surface area contributed by atoms with Crippen molar-refractivity contribution in [2.45, 2.75) is 33.7 Å². The average molecular weight is 401 g/mol. The lowest BCUT2D eigenvalue weighted by molar-refractivity contribution is -0.132. The number of furan rings is 1. The number of carbonyl (C=O) groups is 2. The van der Waals surface area contributed by atoms with Crippen LogP contribution in [-0.4, -0.2) is 16.8 Å². The number of hydrogen-bond donors (Lipinski definition) is 1. The molecule has 1 unspecified atom stereocenters. The third-order valence-corrected chi connectivity index (χ3v) is 5.40. The number of aliphatic hydroxyl groups is 1. The Labute approximate surface area is 175 Å². The summed E-state index contributed by atoms with van der Waals surface area (Å²) in [7, 11) is 0. The minimum absolute atomic E-state index is 0.0320. The molecule has 30 heavy (non-hydrogen) atoms. The molecular formula is C25H23NO4. The summed E-state index contributed by atoms with van der Waals surface area (Å²) in [5.41, 5.74) is 3.86. The van der Waals surface area contributed by atoms with Gasteiger partial charge in [-0.15, -0.1) is 0 Å². The molecule has 2 aromatic carbocycles. The number of hydrogen-bond acceptors (Lipinski definition) is 4. The summed E-state index contributed by atoms with van der Waals surface area (Å²) < 4.78 is 5.82. The summed E-state index contributed by atoms with van der Waals surface area (Å²) in [5.74, 6) is -0.518. The van der Waals surface area contributed by atoms with Gasteiger partial charge in [-0.25, -0.2) is 0 Å². The summed E-state index contributed by atoms with van der Waals surface area (Å²) in [5, 5.41) is 11.2. The zero-order valence-electron chi connectivity index (χ0n) is 17.4. The first-order chi connectivity index (χ1) is 14.3. The molecule has 1 N–H and O–H groups in total. The molecule has 2 heterocycles. The van der Waals surface area contributed by atoms with Crippen molar-refractivity contribution in [2.75, 3.05) is 4.90 Å². The van der Waals surface area contributed by atoms with E-state index in [4.69, 9.17) is 4.42 Å². The highest BCUT2D eigenvalue weighted by atomic mass is 16.3. The zero-order chi connectivity index (χ0) is 21.6. The number of aliphatic hydroxyl groups excluding tert-OH is 1. The summed E-state index contributed by atoms with van der Waals surface area (Å²) >= 11 is 0. The first kappa shape index (κ1) is 19.7. The van der Waals surface area contributed by atoms with Crippen molar-refractivity contribution in [1.82, 2.24) is 0 Å². The van der Waals surface area contributed by atoms with E-state index in [0.29, 0.717) is 22.8 Å². The third-order valence-electron chi connectivity index (χ3n) is 5.40.